The molecule has 7 heteroatoms. The minimum absolute atomic E-state index is 0.0657. The quantitative estimate of drug-likeness (QED) is 0.454. The summed E-state index contributed by atoms with van der Waals surface area (Å²) < 4.78 is 30.3. The molecule has 0 amide bonds. The molecule has 0 spiro atoms. The van der Waals surface area contributed by atoms with Crippen molar-refractivity contribution < 1.29 is 17.8 Å². The van der Waals surface area contributed by atoms with Gasteiger partial charge in [0.1, 0.15) is 4.21 Å². The Morgan fingerprint density at radius 1 is 1.53 bits per heavy atom. The van der Waals surface area contributed by atoms with E-state index in [-0.39, 0.29) is 4.21 Å². The predicted octanol–water partition coefficient (Wildman–Crippen LogP) is 2.29. The maximum absolute atomic E-state index is 10.8. The van der Waals surface area contributed by atoms with Crippen molar-refractivity contribution >= 4 is 27.5 Å². The summed E-state index contributed by atoms with van der Waals surface area (Å²) in [5, 5.41) is 0. The van der Waals surface area contributed by atoms with E-state index in [1.54, 1.807) is 18.3 Å². The third kappa shape index (κ3) is 5.31. The molecule has 5 nitrogen and oxygen atoms in total. The van der Waals surface area contributed by atoms with Gasteiger partial charge in [-0.3, -0.25) is 14.9 Å². The van der Waals surface area contributed by atoms with Crippen molar-refractivity contribution in [3.63, 3.8) is 0 Å². The molecule has 0 radical (unpaired) electrons. The first kappa shape index (κ1) is 14.2. The fraction of sp³-hybridized carbons (Fsp3) is 0.400. The summed E-state index contributed by atoms with van der Waals surface area (Å²) in [6.45, 7) is 2.70. The van der Waals surface area contributed by atoms with E-state index >= 15 is 0 Å². The van der Waals surface area contributed by atoms with Gasteiger partial charge in [-0.05, 0) is 24.6 Å². The second-order valence-corrected chi connectivity index (χ2v) is 6.05. The Balaban J connectivity index is 2.42. The minimum Gasteiger partial charge on any atom is -0.281 e. The fourth-order valence-electron chi connectivity index (χ4n) is 1.00. The largest absolute Gasteiger partial charge is 0.304 e. The van der Waals surface area contributed by atoms with Crippen LogP contribution in [0.25, 0.3) is 6.08 Å². The lowest BCUT2D eigenvalue weighted by Crippen LogP contribution is -2.06. The minimum atomic E-state index is -4.09. The monoisotopic (exact) mass is 277 g/mol. The van der Waals surface area contributed by atoms with Gasteiger partial charge >= 0.3 is 10.1 Å². The fourth-order valence-corrected chi connectivity index (χ4v) is 2.59. The molecule has 0 unspecified atom stereocenters. The molecule has 0 saturated heterocycles. The zero-order valence-electron chi connectivity index (χ0n) is 9.42. The van der Waals surface area contributed by atoms with Crippen LogP contribution in [0.4, 0.5) is 0 Å². The molecule has 0 aromatic carbocycles. The van der Waals surface area contributed by atoms with Crippen LogP contribution < -0.4 is 5.48 Å². The summed E-state index contributed by atoms with van der Waals surface area (Å²) in [5.74, 6) is 0. The molecular formula is C10H15NO4S2. The van der Waals surface area contributed by atoms with Gasteiger partial charge in [0.15, 0.2) is 0 Å². The van der Waals surface area contributed by atoms with Crippen molar-refractivity contribution in [1.29, 1.82) is 0 Å². The highest BCUT2D eigenvalue weighted by atomic mass is 32.3. The van der Waals surface area contributed by atoms with Crippen molar-refractivity contribution in [3.05, 3.63) is 23.2 Å². The van der Waals surface area contributed by atoms with Gasteiger partial charge in [0.2, 0.25) is 0 Å². The van der Waals surface area contributed by atoms with Crippen LogP contribution in [0.1, 0.15) is 24.6 Å². The Kier molecular flexibility index (Phi) is 5.63. The molecule has 2 N–H and O–H groups in total. The number of nitrogens with one attached hydrogen (secondary N) is 1. The first-order valence-electron chi connectivity index (χ1n) is 5.15. The third-order valence-corrected chi connectivity index (χ3v) is 4.23. The predicted molar refractivity (Wildman–Crippen MR) is 67.2 cm³/mol. The van der Waals surface area contributed by atoms with Crippen molar-refractivity contribution in [2.24, 2.45) is 0 Å². The second kappa shape index (κ2) is 6.75. The van der Waals surface area contributed by atoms with Gasteiger partial charge in [-0.25, -0.2) is 0 Å². The first-order valence-corrected chi connectivity index (χ1v) is 7.41. The zero-order valence-corrected chi connectivity index (χ0v) is 11.1. The maximum atomic E-state index is 10.8. The standard InChI is InChI=1S/C10H15NO4S2/c1-2-3-8-15-11-7-6-9-4-5-10(16-9)17(12,13)14/h4-7,11H,2-3,8H2,1H3,(H,12,13,14). The summed E-state index contributed by atoms with van der Waals surface area (Å²) >= 11 is 0.988. The zero-order chi connectivity index (χ0) is 12.7. The molecule has 1 rings (SSSR count). The summed E-state index contributed by atoms with van der Waals surface area (Å²) in [5.41, 5.74) is 2.63. The van der Waals surface area contributed by atoms with Crippen LogP contribution in [0.15, 0.2) is 22.5 Å². The molecule has 0 aliphatic carbocycles. The maximum Gasteiger partial charge on any atom is 0.304 e. The average Bonchev–Trinajstić information content (AvgIpc) is 2.71. The van der Waals surface area contributed by atoms with E-state index in [9.17, 15) is 8.42 Å². The van der Waals surface area contributed by atoms with Gasteiger partial charge in [-0.1, -0.05) is 13.3 Å². The number of unbranched alkanes of at least 4 members (excludes halogenated alkanes) is 1. The molecule has 1 aromatic rings. The molecule has 0 atom stereocenters. The van der Waals surface area contributed by atoms with E-state index in [1.165, 1.54) is 6.07 Å². The molecular weight excluding hydrogens is 262 g/mol. The van der Waals surface area contributed by atoms with E-state index in [1.807, 2.05) is 0 Å². The van der Waals surface area contributed by atoms with E-state index in [0.29, 0.717) is 11.5 Å². The number of hydrogen-bond acceptors (Lipinski definition) is 5. The Labute approximate surface area is 105 Å². The summed E-state index contributed by atoms with van der Waals surface area (Å²) in [7, 11) is -4.09. The molecule has 0 aliphatic rings. The Hall–Kier alpha value is -0.890. The normalized spacial score (nSPS) is 12.1. The van der Waals surface area contributed by atoms with E-state index in [2.05, 4.69) is 12.4 Å². The number of hydrogen-bond donors (Lipinski definition) is 2. The van der Waals surface area contributed by atoms with Crippen LogP contribution in [-0.4, -0.2) is 19.6 Å². The lowest BCUT2D eigenvalue weighted by Gasteiger charge is -1.99. The molecule has 1 heterocycles. The highest BCUT2D eigenvalue weighted by molar-refractivity contribution is 7.88. The van der Waals surface area contributed by atoms with Gasteiger partial charge < -0.3 is 0 Å². The summed E-state index contributed by atoms with van der Waals surface area (Å²) in [6, 6.07) is 2.97. The van der Waals surface area contributed by atoms with Gasteiger partial charge in [0.05, 0.1) is 6.61 Å². The van der Waals surface area contributed by atoms with Crippen molar-refractivity contribution in [2.45, 2.75) is 24.0 Å². The number of rotatable bonds is 7. The van der Waals surface area contributed by atoms with Gasteiger partial charge in [-0.2, -0.15) is 8.42 Å². The lowest BCUT2D eigenvalue weighted by molar-refractivity contribution is 0.0696. The topological polar surface area (TPSA) is 75.6 Å². The Bertz CT molecular complexity index is 464. The third-order valence-electron chi connectivity index (χ3n) is 1.86. The first-order chi connectivity index (χ1) is 8.04. The molecule has 0 saturated carbocycles. The van der Waals surface area contributed by atoms with E-state index in [4.69, 9.17) is 9.39 Å². The van der Waals surface area contributed by atoms with Crippen molar-refractivity contribution in [1.82, 2.24) is 5.48 Å². The van der Waals surface area contributed by atoms with Crippen LogP contribution in [0, 0.1) is 0 Å². The molecule has 0 aliphatic heterocycles. The van der Waals surface area contributed by atoms with Crippen LogP contribution in [0.2, 0.25) is 0 Å². The number of hydroxylamine groups is 1. The molecule has 96 valence electrons. The van der Waals surface area contributed by atoms with Crippen LogP contribution >= 0.6 is 11.3 Å². The molecule has 1 aromatic heterocycles. The van der Waals surface area contributed by atoms with E-state index in [0.717, 1.165) is 24.2 Å². The number of thiophene rings is 1. The Morgan fingerprint density at radius 3 is 2.88 bits per heavy atom. The molecule has 0 bridgehead atoms. The highest BCUT2D eigenvalue weighted by Gasteiger charge is 2.11. The van der Waals surface area contributed by atoms with Gasteiger partial charge in [0.25, 0.3) is 0 Å². The van der Waals surface area contributed by atoms with Gasteiger partial charge in [0, 0.05) is 11.1 Å². The van der Waals surface area contributed by atoms with E-state index < -0.39 is 10.1 Å². The summed E-state index contributed by atoms with van der Waals surface area (Å²) in [4.78, 5) is 5.78. The lowest BCUT2D eigenvalue weighted by atomic mass is 10.4. The van der Waals surface area contributed by atoms with Crippen LogP contribution in [-0.2, 0) is 15.0 Å². The van der Waals surface area contributed by atoms with Crippen molar-refractivity contribution in [2.75, 3.05) is 6.61 Å². The highest BCUT2D eigenvalue weighted by Crippen LogP contribution is 2.21. The van der Waals surface area contributed by atoms with Crippen LogP contribution in [0.5, 0.6) is 0 Å². The molecule has 0 fully saturated rings. The molecule has 17 heavy (non-hydrogen) atoms. The SMILES string of the molecule is CCCCONC=Cc1ccc(S(=O)(=O)O)s1. The van der Waals surface area contributed by atoms with Gasteiger partial charge in [-0.15, -0.1) is 11.3 Å². The summed E-state index contributed by atoms with van der Waals surface area (Å²) in [6.07, 6.45) is 5.29. The van der Waals surface area contributed by atoms with Crippen LogP contribution in [0.3, 0.4) is 0 Å². The second-order valence-electron chi connectivity index (χ2n) is 3.29. The smallest absolute Gasteiger partial charge is 0.281 e. The Morgan fingerprint density at radius 2 is 2.29 bits per heavy atom. The van der Waals surface area contributed by atoms with Crippen molar-refractivity contribution in [3.8, 4) is 0 Å². The average molecular weight is 277 g/mol.